The monoisotopic (exact) mass is 712 g/mol. The number of hydrogen-bond donors (Lipinski definition) is 0. The van der Waals surface area contributed by atoms with Crippen molar-refractivity contribution >= 4 is 54.4 Å². The summed E-state index contributed by atoms with van der Waals surface area (Å²) in [6.07, 6.45) is 0. The van der Waals surface area contributed by atoms with Gasteiger partial charge in [0.25, 0.3) is 0 Å². The summed E-state index contributed by atoms with van der Waals surface area (Å²) in [5.74, 6) is 1.78. The van der Waals surface area contributed by atoms with E-state index in [0.717, 1.165) is 28.4 Å². The highest BCUT2D eigenvalue weighted by Gasteiger charge is 2.52. The van der Waals surface area contributed by atoms with Gasteiger partial charge in [0.05, 0.1) is 27.5 Å². The van der Waals surface area contributed by atoms with Crippen LogP contribution in [0.5, 0.6) is 11.5 Å². The number of benzene rings is 9. The molecule has 3 heteroatoms. The topological polar surface area (TPSA) is 19.1 Å². The van der Waals surface area contributed by atoms with Crippen molar-refractivity contribution in [3.63, 3.8) is 0 Å². The van der Waals surface area contributed by atoms with Gasteiger partial charge in [-0.3, -0.25) is 0 Å². The number of aromatic nitrogens is 2. The molecule has 56 heavy (non-hydrogen) atoms. The number of rotatable bonds is 2. The van der Waals surface area contributed by atoms with Crippen LogP contribution >= 0.6 is 0 Å². The summed E-state index contributed by atoms with van der Waals surface area (Å²) in [5, 5.41) is 7.41. The summed E-state index contributed by atoms with van der Waals surface area (Å²) in [6, 6.07) is 71.3. The molecule has 9 aromatic carbocycles. The predicted octanol–water partition coefficient (Wildman–Crippen LogP) is 13.5. The molecule has 0 saturated carbocycles. The standard InChI is InChI=1S/C53H32N2O/c1-2-14-36-33(13-1)25-30-51-52(36)53(43-19-7-12-24-50(43)56-51)44-31-34(54-46-20-8-3-15-39(46)40-16-4-9-21-47(40)54)26-28-37(44)38-29-27-35(32-45(38)53)55-48-22-10-5-17-41(48)42-18-6-11-23-49(42)55/h1-32H. The molecule has 3 nitrogen and oxygen atoms in total. The molecule has 0 amide bonds. The van der Waals surface area contributed by atoms with Crippen LogP contribution < -0.4 is 4.74 Å². The molecule has 2 aromatic heterocycles. The summed E-state index contributed by atoms with van der Waals surface area (Å²) in [7, 11) is 0. The first-order valence-corrected chi connectivity index (χ1v) is 19.4. The summed E-state index contributed by atoms with van der Waals surface area (Å²) >= 11 is 0. The first-order chi connectivity index (χ1) is 27.8. The Kier molecular flexibility index (Phi) is 5.83. The van der Waals surface area contributed by atoms with Crippen LogP contribution in [0.4, 0.5) is 0 Å². The predicted molar refractivity (Wildman–Crippen MR) is 230 cm³/mol. The molecule has 2 aliphatic rings. The van der Waals surface area contributed by atoms with Gasteiger partial charge in [-0.1, -0.05) is 133 Å². The van der Waals surface area contributed by atoms with Gasteiger partial charge in [-0.25, -0.2) is 0 Å². The molecule has 260 valence electrons. The highest BCUT2D eigenvalue weighted by Crippen LogP contribution is 2.64. The van der Waals surface area contributed by atoms with E-state index in [0.29, 0.717) is 0 Å². The zero-order valence-corrected chi connectivity index (χ0v) is 30.3. The van der Waals surface area contributed by atoms with E-state index in [1.807, 2.05) is 0 Å². The van der Waals surface area contributed by atoms with Gasteiger partial charge >= 0.3 is 0 Å². The number of fused-ring (bicyclic) bond motifs is 17. The number of hydrogen-bond acceptors (Lipinski definition) is 1. The first-order valence-electron chi connectivity index (χ1n) is 19.4. The van der Waals surface area contributed by atoms with Gasteiger partial charge in [-0.15, -0.1) is 0 Å². The Hall–Kier alpha value is -7.36. The second-order valence-electron chi connectivity index (χ2n) is 15.2. The fourth-order valence-corrected chi connectivity index (χ4v) is 10.4. The maximum atomic E-state index is 6.93. The Morgan fingerprint density at radius 1 is 0.339 bits per heavy atom. The fourth-order valence-electron chi connectivity index (χ4n) is 10.4. The van der Waals surface area contributed by atoms with Crippen LogP contribution in [-0.2, 0) is 5.41 Å². The van der Waals surface area contributed by atoms with Crippen LogP contribution in [-0.4, -0.2) is 9.13 Å². The highest BCUT2D eigenvalue weighted by atomic mass is 16.5. The smallest absolute Gasteiger partial charge is 0.132 e. The van der Waals surface area contributed by atoms with Gasteiger partial charge in [-0.2, -0.15) is 0 Å². The van der Waals surface area contributed by atoms with Crippen molar-refractivity contribution in [1.82, 2.24) is 9.13 Å². The van der Waals surface area contributed by atoms with Crippen LogP contribution in [0, 0.1) is 0 Å². The minimum absolute atomic E-state index is 0.681. The average Bonchev–Trinajstić information content (AvgIpc) is 3.88. The zero-order valence-electron chi connectivity index (χ0n) is 30.3. The normalized spacial score (nSPS) is 13.6. The first kappa shape index (κ1) is 30.0. The molecule has 11 aromatic rings. The molecule has 0 atom stereocenters. The highest BCUT2D eigenvalue weighted by molar-refractivity contribution is 6.10. The van der Waals surface area contributed by atoms with E-state index in [1.54, 1.807) is 0 Å². The summed E-state index contributed by atoms with van der Waals surface area (Å²) in [6.45, 7) is 0. The quantitative estimate of drug-likeness (QED) is 0.175. The molecule has 0 saturated heterocycles. The van der Waals surface area contributed by atoms with Gasteiger partial charge < -0.3 is 13.9 Å². The maximum Gasteiger partial charge on any atom is 0.132 e. The number of nitrogens with zero attached hydrogens (tertiary/aromatic N) is 2. The van der Waals surface area contributed by atoms with E-state index >= 15 is 0 Å². The van der Waals surface area contributed by atoms with Gasteiger partial charge in [-0.05, 0) is 93.7 Å². The molecule has 13 rings (SSSR count). The maximum absolute atomic E-state index is 6.93. The third-order valence-electron chi connectivity index (χ3n) is 12.6. The van der Waals surface area contributed by atoms with Gasteiger partial charge in [0, 0.05) is 44.0 Å². The lowest BCUT2D eigenvalue weighted by atomic mass is 9.65. The van der Waals surface area contributed by atoms with Crippen molar-refractivity contribution in [3.05, 3.63) is 216 Å². The zero-order chi connectivity index (χ0) is 36.5. The van der Waals surface area contributed by atoms with Crippen molar-refractivity contribution < 1.29 is 4.74 Å². The summed E-state index contributed by atoms with van der Waals surface area (Å²) in [4.78, 5) is 0. The minimum Gasteiger partial charge on any atom is -0.457 e. The SMILES string of the molecule is c1ccc2c(c1)Oc1ccc3ccccc3c1C21c2cc(-n3c4ccccc4c4ccccc43)ccc2-c2ccc(-n3c4ccccc4c4ccccc43)cc21. The molecule has 1 aliphatic carbocycles. The largest absolute Gasteiger partial charge is 0.457 e. The summed E-state index contributed by atoms with van der Waals surface area (Å²) < 4.78 is 11.8. The molecule has 1 spiro atoms. The van der Waals surface area contributed by atoms with E-state index in [9.17, 15) is 0 Å². The number of ether oxygens (including phenoxy) is 1. The van der Waals surface area contributed by atoms with Gasteiger partial charge in [0.15, 0.2) is 0 Å². The van der Waals surface area contributed by atoms with Crippen molar-refractivity contribution in [2.24, 2.45) is 0 Å². The van der Waals surface area contributed by atoms with E-state index in [2.05, 4.69) is 203 Å². The molecule has 0 unspecified atom stereocenters. The van der Waals surface area contributed by atoms with Crippen molar-refractivity contribution in [3.8, 4) is 34.0 Å². The molecule has 0 N–H and O–H groups in total. The van der Waals surface area contributed by atoms with Crippen molar-refractivity contribution in [2.75, 3.05) is 0 Å². The van der Waals surface area contributed by atoms with Crippen molar-refractivity contribution in [1.29, 1.82) is 0 Å². The lowest BCUT2D eigenvalue weighted by Gasteiger charge is -2.40. The molecule has 0 bridgehead atoms. The number of para-hydroxylation sites is 5. The van der Waals surface area contributed by atoms with Crippen LogP contribution in [0.15, 0.2) is 194 Å². The molecular weight excluding hydrogens is 681 g/mol. The van der Waals surface area contributed by atoms with Crippen LogP contribution in [0.1, 0.15) is 22.3 Å². The Bertz CT molecular complexity index is 3200. The lowest BCUT2D eigenvalue weighted by Crippen LogP contribution is -2.32. The molecule has 1 aliphatic heterocycles. The molecule has 3 heterocycles. The van der Waals surface area contributed by atoms with E-state index < -0.39 is 5.41 Å². The molecule has 0 radical (unpaired) electrons. The average molecular weight is 713 g/mol. The minimum atomic E-state index is -0.681. The Morgan fingerprint density at radius 2 is 0.786 bits per heavy atom. The Morgan fingerprint density at radius 3 is 1.32 bits per heavy atom. The fraction of sp³-hybridized carbons (Fsp3) is 0.0189. The molecule has 0 fully saturated rings. The second-order valence-corrected chi connectivity index (χ2v) is 15.2. The van der Waals surface area contributed by atoms with E-state index in [4.69, 9.17) is 4.74 Å². The third-order valence-corrected chi connectivity index (χ3v) is 12.6. The lowest BCUT2D eigenvalue weighted by molar-refractivity contribution is 0.438. The Balaban J connectivity index is 1.19. The third kappa shape index (κ3) is 3.72. The van der Waals surface area contributed by atoms with Gasteiger partial charge in [0.1, 0.15) is 11.5 Å². The van der Waals surface area contributed by atoms with Crippen LogP contribution in [0.25, 0.3) is 76.9 Å². The van der Waals surface area contributed by atoms with Gasteiger partial charge in [0.2, 0.25) is 0 Å². The molecular formula is C53H32N2O. The Labute approximate surface area is 322 Å². The summed E-state index contributed by atoms with van der Waals surface area (Å²) in [5.41, 5.74) is 13.8. The van der Waals surface area contributed by atoms with Crippen LogP contribution in [0.3, 0.4) is 0 Å². The second kappa shape index (κ2) is 10.9. The van der Waals surface area contributed by atoms with E-state index in [-0.39, 0.29) is 0 Å². The van der Waals surface area contributed by atoms with Crippen LogP contribution in [0.2, 0.25) is 0 Å². The van der Waals surface area contributed by atoms with E-state index in [1.165, 1.54) is 82.2 Å². The van der Waals surface area contributed by atoms with Crippen molar-refractivity contribution in [2.45, 2.75) is 5.41 Å².